The molecule has 0 fully saturated rings. The van der Waals surface area contributed by atoms with E-state index in [9.17, 15) is 14.7 Å². The van der Waals surface area contributed by atoms with E-state index in [0.29, 0.717) is 18.5 Å². The minimum absolute atomic E-state index is 0.159. The van der Waals surface area contributed by atoms with Gasteiger partial charge in [0.2, 0.25) is 0 Å². The van der Waals surface area contributed by atoms with Gasteiger partial charge in [-0.1, -0.05) is 20.3 Å². The maximum absolute atomic E-state index is 13.3. The summed E-state index contributed by atoms with van der Waals surface area (Å²) in [7, 11) is 0. The Kier molecular flexibility index (Phi) is 5.30. The molecule has 3 aromatic rings. The van der Waals surface area contributed by atoms with Gasteiger partial charge < -0.3 is 19.5 Å². The predicted octanol–water partition coefficient (Wildman–Crippen LogP) is 2.68. The van der Waals surface area contributed by atoms with E-state index in [2.05, 4.69) is 0 Å². The van der Waals surface area contributed by atoms with Crippen molar-refractivity contribution in [3.63, 3.8) is 0 Å². The van der Waals surface area contributed by atoms with Crippen molar-refractivity contribution in [1.82, 2.24) is 9.55 Å². The molecule has 0 unspecified atom stereocenters. The highest BCUT2D eigenvalue weighted by Gasteiger charge is 2.27. The van der Waals surface area contributed by atoms with Crippen LogP contribution in [0.3, 0.4) is 0 Å². The van der Waals surface area contributed by atoms with Crippen LogP contribution in [-0.2, 0) is 35.5 Å². The van der Waals surface area contributed by atoms with E-state index >= 15 is 0 Å². The summed E-state index contributed by atoms with van der Waals surface area (Å²) in [5.41, 5.74) is 5.46. The average molecular weight is 408 g/mol. The molecule has 0 amide bonds. The molecule has 0 radical (unpaired) electrons. The molecular weight excluding hydrogens is 384 g/mol. The molecule has 7 heteroatoms. The lowest BCUT2D eigenvalue weighted by Crippen LogP contribution is -2.26. The lowest BCUT2D eigenvalue weighted by atomic mass is 9.98. The molecule has 156 valence electrons. The fourth-order valence-electron chi connectivity index (χ4n) is 4.24. The van der Waals surface area contributed by atoms with Crippen molar-refractivity contribution < 1.29 is 19.7 Å². The van der Waals surface area contributed by atoms with Crippen LogP contribution in [0.1, 0.15) is 42.5 Å². The lowest BCUT2D eigenvalue weighted by Gasteiger charge is -2.13. The van der Waals surface area contributed by atoms with Crippen LogP contribution in [0.15, 0.2) is 29.1 Å². The smallest absolute Gasteiger partial charge is 0.332 e. The normalized spacial score (nSPS) is 12.1. The van der Waals surface area contributed by atoms with Crippen molar-refractivity contribution in [2.24, 2.45) is 0 Å². The minimum Gasteiger partial charge on any atom is -0.508 e. The summed E-state index contributed by atoms with van der Waals surface area (Å²) in [5.74, 6) is -0.573. The Morgan fingerprint density at radius 3 is 2.73 bits per heavy atom. The van der Waals surface area contributed by atoms with E-state index in [1.807, 2.05) is 19.9 Å². The number of nitrogens with zero attached hydrogens (tertiary/aromatic N) is 2. The maximum Gasteiger partial charge on any atom is 0.332 e. The number of ether oxygens (including phenoxy) is 1. The van der Waals surface area contributed by atoms with Gasteiger partial charge in [0.15, 0.2) is 0 Å². The topological polar surface area (TPSA) is 102 Å². The molecular formula is C23H24N2O5. The van der Waals surface area contributed by atoms with Crippen molar-refractivity contribution in [3.8, 4) is 17.1 Å². The summed E-state index contributed by atoms with van der Waals surface area (Å²) in [5, 5.41) is 19.7. The van der Waals surface area contributed by atoms with Crippen LogP contribution in [0, 0.1) is 0 Å². The number of aromatic hydroxyl groups is 1. The van der Waals surface area contributed by atoms with E-state index in [1.54, 1.807) is 22.8 Å². The zero-order valence-electron chi connectivity index (χ0n) is 17.1. The number of aliphatic hydroxyl groups is 1. The molecule has 1 aliphatic rings. The van der Waals surface area contributed by atoms with E-state index in [-0.39, 0.29) is 17.9 Å². The van der Waals surface area contributed by atoms with Crippen LogP contribution in [0.4, 0.5) is 0 Å². The quantitative estimate of drug-likeness (QED) is 0.476. The van der Waals surface area contributed by atoms with E-state index in [1.165, 1.54) is 0 Å². The van der Waals surface area contributed by atoms with Gasteiger partial charge in [0.25, 0.3) is 5.56 Å². The van der Waals surface area contributed by atoms with Gasteiger partial charge in [0, 0.05) is 10.9 Å². The van der Waals surface area contributed by atoms with Crippen LogP contribution in [0.25, 0.3) is 22.3 Å². The highest BCUT2D eigenvalue weighted by Crippen LogP contribution is 2.37. The fourth-order valence-corrected chi connectivity index (χ4v) is 4.24. The summed E-state index contributed by atoms with van der Waals surface area (Å²) in [6.07, 6.45) is 2.25. The number of phenolic OH excluding ortho intramolecular Hbond substituents is 1. The number of aliphatic hydroxyl groups excluding tert-OH is 1. The molecule has 1 aliphatic heterocycles. The number of hydrogen-bond acceptors (Lipinski definition) is 6. The van der Waals surface area contributed by atoms with E-state index < -0.39 is 12.6 Å². The largest absolute Gasteiger partial charge is 0.508 e. The summed E-state index contributed by atoms with van der Waals surface area (Å²) < 4.78 is 6.73. The Labute approximate surface area is 173 Å². The number of carbonyl (C=O) groups excluding carboxylic acids is 1. The van der Waals surface area contributed by atoms with Crippen molar-refractivity contribution in [1.29, 1.82) is 0 Å². The van der Waals surface area contributed by atoms with Crippen molar-refractivity contribution in [2.75, 3.05) is 6.61 Å². The lowest BCUT2D eigenvalue weighted by molar-refractivity contribution is -0.148. The fraction of sp³-hybridized carbons (Fsp3) is 0.348. The number of aryl methyl sites for hydroxylation is 2. The van der Waals surface area contributed by atoms with Gasteiger partial charge in [-0.05, 0) is 48.2 Å². The number of hydrogen-bond donors (Lipinski definition) is 2. The first kappa shape index (κ1) is 20.1. The molecule has 0 saturated carbocycles. The molecule has 0 spiro atoms. The first-order valence-electron chi connectivity index (χ1n) is 10.1. The van der Waals surface area contributed by atoms with Crippen molar-refractivity contribution in [2.45, 2.75) is 46.3 Å². The predicted molar refractivity (Wildman–Crippen MR) is 112 cm³/mol. The molecule has 7 nitrogen and oxygen atoms in total. The second-order valence-electron chi connectivity index (χ2n) is 7.47. The number of carbonyl (C=O) groups is 1. The standard InChI is InChI=1S/C23H24N2O5/c1-3-5-13-8-20-22-17(10-25(20)23(29)18(13)12-30-21(28)11-26)15(4-2)16-9-14(27)6-7-19(16)24-22/h6-9,26-27H,3-5,10-12H2,1-2H3. The van der Waals surface area contributed by atoms with Gasteiger partial charge in [-0.25, -0.2) is 9.78 Å². The Hall–Kier alpha value is -3.19. The van der Waals surface area contributed by atoms with Crippen molar-refractivity contribution in [3.05, 3.63) is 56.9 Å². The van der Waals surface area contributed by atoms with Crippen LogP contribution in [0.2, 0.25) is 0 Å². The van der Waals surface area contributed by atoms with Crippen LogP contribution >= 0.6 is 0 Å². The van der Waals surface area contributed by atoms with Crippen LogP contribution in [-0.4, -0.2) is 32.3 Å². The third-order valence-corrected chi connectivity index (χ3v) is 5.62. The highest BCUT2D eigenvalue weighted by molar-refractivity contribution is 5.89. The molecule has 0 bridgehead atoms. The van der Waals surface area contributed by atoms with Gasteiger partial charge in [0.1, 0.15) is 19.0 Å². The molecule has 2 aromatic heterocycles. The van der Waals surface area contributed by atoms with Crippen molar-refractivity contribution >= 4 is 16.9 Å². The van der Waals surface area contributed by atoms with Gasteiger partial charge in [-0.3, -0.25) is 4.79 Å². The molecule has 0 aliphatic carbocycles. The van der Waals surface area contributed by atoms with Gasteiger partial charge in [-0.15, -0.1) is 0 Å². The monoisotopic (exact) mass is 408 g/mol. The number of rotatable bonds is 6. The number of aromatic nitrogens is 2. The number of fused-ring (bicyclic) bond motifs is 4. The molecule has 3 heterocycles. The summed E-state index contributed by atoms with van der Waals surface area (Å²) in [4.78, 5) is 29.5. The van der Waals surface area contributed by atoms with Crippen LogP contribution < -0.4 is 5.56 Å². The molecule has 2 N–H and O–H groups in total. The summed E-state index contributed by atoms with van der Waals surface area (Å²) in [6.45, 7) is 3.58. The molecule has 1 aromatic carbocycles. The molecule has 0 saturated heterocycles. The van der Waals surface area contributed by atoms with E-state index in [0.717, 1.165) is 51.8 Å². The molecule has 4 rings (SSSR count). The van der Waals surface area contributed by atoms with Gasteiger partial charge >= 0.3 is 5.97 Å². The maximum atomic E-state index is 13.3. The number of phenols is 1. The zero-order valence-corrected chi connectivity index (χ0v) is 17.1. The molecule has 30 heavy (non-hydrogen) atoms. The highest BCUT2D eigenvalue weighted by atomic mass is 16.5. The Morgan fingerprint density at radius 2 is 2.03 bits per heavy atom. The van der Waals surface area contributed by atoms with Gasteiger partial charge in [0.05, 0.1) is 29.0 Å². The zero-order chi connectivity index (χ0) is 21.4. The van der Waals surface area contributed by atoms with Gasteiger partial charge in [-0.2, -0.15) is 0 Å². The summed E-state index contributed by atoms with van der Waals surface area (Å²) in [6, 6.07) is 7.10. The third kappa shape index (κ3) is 3.25. The second kappa shape index (κ2) is 7.91. The SMILES string of the molecule is CCCc1cc2n(c(=O)c1COC(=O)CO)Cc1c-2nc2ccc(O)cc2c1CC. The van der Waals surface area contributed by atoms with E-state index in [4.69, 9.17) is 14.8 Å². The second-order valence-corrected chi connectivity index (χ2v) is 7.47. The minimum atomic E-state index is -0.758. The number of benzene rings is 1. The Morgan fingerprint density at radius 1 is 1.23 bits per heavy atom. The summed E-state index contributed by atoms with van der Waals surface area (Å²) >= 11 is 0. The van der Waals surface area contributed by atoms with Crippen LogP contribution in [0.5, 0.6) is 5.75 Å². The average Bonchev–Trinajstić information content (AvgIpc) is 3.10. The molecule has 0 atom stereocenters. The Bertz CT molecular complexity index is 1210. The first-order valence-corrected chi connectivity index (χ1v) is 10.1. The third-order valence-electron chi connectivity index (χ3n) is 5.62. The Balaban J connectivity index is 1.90. The number of esters is 1. The number of pyridine rings is 2. The first-order chi connectivity index (χ1) is 14.5.